The smallest absolute Gasteiger partial charge is 0.295 e. The van der Waals surface area contributed by atoms with Crippen LogP contribution in [-0.2, 0) is 11.5 Å². The summed E-state index contributed by atoms with van der Waals surface area (Å²) >= 11 is 0. The third-order valence-corrected chi connectivity index (χ3v) is 6.04. The molecule has 4 rings (SSSR count). The molecule has 2 aromatic heterocycles. The molecule has 1 aliphatic rings. The van der Waals surface area contributed by atoms with Crippen LogP contribution in [0.15, 0.2) is 35.3 Å². The first-order valence-electron chi connectivity index (χ1n) is 10.5. The van der Waals surface area contributed by atoms with Crippen molar-refractivity contribution < 1.29 is 22.3 Å². The molecule has 10 heteroatoms. The number of ether oxygens (including phenoxy) is 1. The second kappa shape index (κ2) is 8.00. The lowest BCUT2D eigenvalue weighted by atomic mass is 10.0. The number of nitrogens with one attached hydrogen (secondary N) is 1. The van der Waals surface area contributed by atoms with E-state index in [1.54, 1.807) is 26.0 Å². The average molecular weight is 464 g/mol. The topological polar surface area (TPSA) is 69.0 Å². The fourth-order valence-electron chi connectivity index (χ4n) is 3.96. The van der Waals surface area contributed by atoms with Crippen molar-refractivity contribution in [2.24, 2.45) is 0 Å². The molecule has 176 valence electrons. The molecule has 3 aromatic rings. The first-order valence-corrected chi connectivity index (χ1v) is 10.5. The van der Waals surface area contributed by atoms with Crippen molar-refractivity contribution in [2.45, 2.75) is 57.5 Å². The molecular weight excluding hydrogens is 440 g/mol. The van der Waals surface area contributed by atoms with Gasteiger partial charge in [0.25, 0.3) is 17.9 Å². The fraction of sp³-hybridized carbons (Fsp3) is 0.435. The molecule has 6 nitrogen and oxygen atoms in total. The van der Waals surface area contributed by atoms with Gasteiger partial charge in [0.1, 0.15) is 22.7 Å². The lowest BCUT2D eigenvalue weighted by Gasteiger charge is -2.22. The molecule has 1 aliphatic carbocycles. The Labute approximate surface area is 187 Å². The molecule has 0 bridgehead atoms. The first-order chi connectivity index (χ1) is 15.5. The van der Waals surface area contributed by atoms with Crippen molar-refractivity contribution in [2.75, 3.05) is 12.4 Å². The molecule has 1 fully saturated rings. The Balaban J connectivity index is 1.84. The maximum atomic E-state index is 13.8. The van der Waals surface area contributed by atoms with Crippen LogP contribution < -0.4 is 15.6 Å². The van der Waals surface area contributed by atoms with E-state index in [1.807, 2.05) is 0 Å². The van der Waals surface area contributed by atoms with Gasteiger partial charge in [-0.1, -0.05) is 18.2 Å². The molecule has 0 amide bonds. The predicted octanol–water partition coefficient (Wildman–Crippen LogP) is 5.15. The second-order valence-electron chi connectivity index (χ2n) is 8.50. The van der Waals surface area contributed by atoms with Gasteiger partial charge in [-0.25, -0.2) is 27.5 Å². The minimum Gasteiger partial charge on any atom is -0.490 e. The summed E-state index contributed by atoms with van der Waals surface area (Å²) in [6.07, 6.45) is -1.05. The summed E-state index contributed by atoms with van der Waals surface area (Å²) in [7, 11) is 1.28. The van der Waals surface area contributed by atoms with Crippen molar-refractivity contribution in [1.29, 1.82) is 0 Å². The number of pyridine rings is 1. The average Bonchev–Trinajstić information content (AvgIpc) is 3.55. The van der Waals surface area contributed by atoms with Crippen molar-refractivity contribution in [3.8, 4) is 5.75 Å². The summed E-state index contributed by atoms with van der Waals surface area (Å²) in [6.45, 7) is 4.22. The molecule has 1 aromatic carbocycles. The van der Waals surface area contributed by atoms with Crippen LogP contribution in [0.25, 0.3) is 10.9 Å². The number of hydrogen-bond donors (Lipinski definition) is 1. The number of rotatable bonds is 7. The number of benzene rings is 1. The van der Waals surface area contributed by atoms with E-state index >= 15 is 0 Å². The zero-order chi connectivity index (χ0) is 24.1. The number of aromatic nitrogens is 3. The fourth-order valence-corrected chi connectivity index (χ4v) is 3.96. The third kappa shape index (κ3) is 4.02. The summed E-state index contributed by atoms with van der Waals surface area (Å²) in [5.74, 6) is -2.52. The van der Waals surface area contributed by atoms with Crippen LogP contribution in [0.3, 0.4) is 0 Å². The van der Waals surface area contributed by atoms with Gasteiger partial charge in [-0.3, -0.25) is 9.36 Å². The molecular formula is C23H24F4N4O2. The van der Waals surface area contributed by atoms with Crippen molar-refractivity contribution >= 4 is 16.7 Å². The zero-order valence-electron chi connectivity index (χ0n) is 18.6. The van der Waals surface area contributed by atoms with Gasteiger partial charge in [-0.15, -0.1) is 0 Å². The zero-order valence-corrected chi connectivity index (χ0v) is 18.6. The summed E-state index contributed by atoms with van der Waals surface area (Å²) in [4.78, 5) is 21.7. The molecule has 0 saturated heterocycles. The Morgan fingerprint density at radius 2 is 1.94 bits per heavy atom. The first kappa shape index (κ1) is 23.0. The molecule has 0 radical (unpaired) electrons. The Bertz CT molecular complexity index is 1270. The van der Waals surface area contributed by atoms with Gasteiger partial charge in [-0.05, 0) is 38.3 Å². The summed E-state index contributed by atoms with van der Waals surface area (Å²) in [5, 5.41) is 3.49. The molecule has 1 saturated carbocycles. The summed E-state index contributed by atoms with van der Waals surface area (Å²) in [5.41, 5.74) is -1.60. The SMILES string of the molecule is COc1c(=O)n(C2(C(F)F)CC2)cc2c(N[C@H](C)c3cccc(C(C)(F)F)c3)nc(C)nc12. The molecule has 1 N–H and O–H groups in total. The van der Waals surface area contributed by atoms with E-state index in [-0.39, 0.29) is 35.5 Å². The van der Waals surface area contributed by atoms with Crippen molar-refractivity contribution in [1.82, 2.24) is 14.5 Å². The van der Waals surface area contributed by atoms with Gasteiger partial charge in [0, 0.05) is 24.7 Å². The highest BCUT2D eigenvalue weighted by atomic mass is 19.3. The van der Waals surface area contributed by atoms with Crippen LogP contribution in [0.1, 0.15) is 49.7 Å². The maximum absolute atomic E-state index is 13.8. The van der Waals surface area contributed by atoms with Gasteiger partial charge in [-0.2, -0.15) is 0 Å². The van der Waals surface area contributed by atoms with E-state index in [1.165, 1.54) is 25.4 Å². The van der Waals surface area contributed by atoms with Crippen LogP contribution in [-0.4, -0.2) is 28.1 Å². The van der Waals surface area contributed by atoms with E-state index in [2.05, 4.69) is 15.3 Å². The highest BCUT2D eigenvalue weighted by Crippen LogP contribution is 2.48. The van der Waals surface area contributed by atoms with E-state index in [9.17, 15) is 22.4 Å². The number of anilines is 1. The predicted molar refractivity (Wildman–Crippen MR) is 116 cm³/mol. The number of halogens is 4. The van der Waals surface area contributed by atoms with Gasteiger partial charge in [0.15, 0.2) is 0 Å². The van der Waals surface area contributed by atoms with Crippen molar-refractivity contribution in [3.63, 3.8) is 0 Å². The minimum absolute atomic E-state index is 0.125. The number of hydrogen-bond acceptors (Lipinski definition) is 5. The van der Waals surface area contributed by atoms with Gasteiger partial charge in [0.2, 0.25) is 5.75 Å². The normalized spacial score (nSPS) is 16.2. The Kier molecular flexibility index (Phi) is 5.58. The maximum Gasteiger partial charge on any atom is 0.295 e. The quantitative estimate of drug-likeness (QED) is 0.490. The summed E-state index contributed by atoms with van der Waals surface area (Å²) in [6, 6.07) is 5.55. The van der Waals surface area contributed by atoms with Crippen LogP contribution in [0.5, 0.6) is 5.75 Å². The molecule has 2 heterocycles. The Morgan fingerprint density at radius 1 is 1.24 bits per heavy atom. The van der Waals surface area contributed by atoms with E-state index in [0.29, 0.717) is 16.8 Å². The highest BCUT2D eigenvalue weighted by molar-refractivity contribution is 5.92. The van der Waals surface area contributed by atoms with E-state index in [0.717, 1.165) is 11.5 Å². The third-order valence-electron chi connectivity index (χ3n) is 6.04. The number of nitrogens with zero attached hydrogens (tertiary/aromatic N) is 3. The van der Waals surface area contributed by atoms with Crippen LogP contribution >= 0.6 is 0 Å². The molecule has 0 unspecified atom stereocenters. The Hall–Kier alpha value is -3.17. The Morgan fingerprint density at radius 3 is 2.52 bits per heavy atom. The lowest BCUT2D eigenvalue weighted by molar-refractivity contribution is 0.0174. The summed E-state index contributed by atoms with van der Waals surface area (Å²) < 4.78 is 61.5. The lowest BCUT2D eigenvalue weighted by Crippen LogP contribution is -2.36. The van der Waals surface area contributed by atoms with Crippen LogP contribution in [0.4, 0.5) is 23.4 Å². The monoisotopic (exact) mass is 464 g/mol. The number of aryl methyl sites for hydroxylation is 1. The van der Waals surface area contributed by atoms with Crippen molar-refractivity contribution in [3.05, 3.63) is 57.8 Å². The largest absolute Gasteiger partial charge is 0.490 e. The molecule has 1 atom stereocenters. The van der Waals surface area contributed by atoms with Gasteiger partial charge >= 0.3 is 0 Å². The highest BCUT2D eigenvalue weighted by Gasteiger charge is 2.54. The second-order valence-corrected chi connectivity index (χ2v) is 8.50. The molecule has 33 heavy (non-hydrogen) atoms. The minimum atomic E-state index is -2.99. The van der Waals surface area contributed by atoms with Crippen LogP contribution in [0, 0.1) is 6.92 Å². The number of fused-ring (bicyclic) bond motifs is 1. The van der Waals surface area contributed by atoms with E-state index in [4.69, 9.17) is 4.74 Å². The van der Waals surface area contributed by atoms with Gasteiger partial charge < -0.3 is 10.1 Å². The van der Waals surface area contributed by atoms with Crippen LogP contribution in [0.2, 0.25) is 0 Å². The molecule has 0 aliphatic heterocycles. The number of methoxy groups -OCH3 is 1. The van der Waals surface area contributed by atoms with E-state index < -0.39 is 29.5 Å². The number of alkyl halides is 4. The standard InChI is InChI=1S/C23H24F4N4O2/c1-12(14-6-5-7-15(10-14)22(3,26)27)28-19-16-11-31(23(8-9-23)21(24)25)20(32)18(33-4)17(16)29-13(2)30-19/h5-7,10-12,21H,8-9H2,1-4H3,(H,28,29,30)/t12-/m1/s1. The van der Waals surface area contributed by atoms with Gasteiger partial charge in [0.05, 0.1) is 12.5 Å². The molecule has 0 spiro atoms.